The van der Waals surface area contributed by atoms with Crippen molar-refractivity contribution in [3.63, 3.8) is 0 Å². The number of rotatable bonds is 3. The quantitative estimate of drug-likeness (QED) is 0.206. The minimum atomic E-state index is -1.17. The van der Waals surface area contributed by atoms with E-state index in [1.54, 1.807) is 24.3 Å². The maximum atomic E-state index is 15.2. The summed E-state index contributed by atoms with van der Waals surface area (Å²) in [5.41, 5.74) is 3.89. The number of hydrogen-bond donors (Lipinski definition) is 1. The molecule has 8 heteroatoms. The molecule has 0 radical (unpaired) electrons. The van der Waals surface area contributed by atoms with Gasteiger partial charge in [-0.25, -0.2) is 9.37 Å². The van der Waals surface area contributed by atoms with E-state index in [0.717, 1.165) is 27.1 Å². The van der Waals surface area contributed by atoms with Crippen LogP contribution in [0, 0.1) is 19.7 Å². The van der Waals surface area contributed by atoms with Crippen LogP contribution in [0.3, 0.4) is 0 Å². The van der Waals surface area contributed by atoms with Crippen LogP contribution in [0.25, 0.3) is 16.0 Å². The van der Waals surface area contributed by atoms with Gasteiger partial charge in [0.2, 0.25) is 0 Å². The summed E-state index contributed by atoms with van der Waals surface area (Å²) in [6.45, 7) is 5.85. The van der Waals surface area contributed by atoms with Crippen molar-refractivity contribution in [3.05, 3.63) is 93.8 Å². The number of carbonyl (C=O) groups is 2. The van der Waals surface area contributed by atoms with Gasteiger partial charge >= 0.3 is 5.91 Å². The Bertz CT molecular complexity index is 1660. The van der Waals surface area contributed by atoms with Gasteiger partial charge in [0.05, 0.1) is 15.8 Å². The molecule has 0 unspecified atom stereocenters. The number of ether oxygens (including phenoxy) is 1. The molecule has 2 aliphatic rings. The normalized spacial score (nSPS) is 20.5. The Morgan fingerprint density at radius 1 is 1.14 bits per heavy atom. The minimum absolute atomic E-state index is 0.00233. The van der Waals surface area contributed by atoms with Gasteiger partial charge in [-0.3, -0.25) is 14.5 Å². The second kappa shape index (κ2) is 8.52. The molecule has 186 valence electrons. The molecule has 4 aromatic rings. The lowest BCUT2D eigenvalue weighted by Gasteiger charge is -2.23. The first-order valence-electron chi connectivity index (χ1n) is 12.0. The van der Waals surface area contributed by atoms with Crippen LogP contribution in [0.15, 0.2) is 60.2 Å². The number of hydrogen-bond acceptors (Lipinski definition) is 6. The molecule has 1 saturated heterocycles. The fourth-order valence-corrected chi connectivity index (χ4v) is 6.38. The molecule has 37 heavy (non-hydrogen) atoms. The summed E-state index contributed by atoms with van der Waals surface area (Å²) in [6.07, 6.45) is 0.661. The van der Waals surface area contributed by atoms with Gasteiger partial charge in [-0.05, 0) is 67.8 Å². The van der Waals surface area contributed by atoms with Crippen molar-refractivity contribution in [2.24, 2.45) is 0 Å². The molecule has 1 amide bonds. The van der Waals surface area contributed by atoms with E-state index in [2.05, 4.69) is 4.98 Å². The fraction of sp³-hybridized carbons (Fsp3) is 0.207. The number of amides is 1. The number of carbonyl (C=O) groups excluding carboxylic acids is 2. The minimum Gasteiger partial charge on any atom is -0.507 e. The number of halogens is 1. The van der Waals surface area contributed by atoms with E-state index in [1.807, 2.05) is 32.9 Å². The molecular formula is C29H23FN2O4S. The number of nitrogens with zero attached hydrogens (tertiary/aromatic N) is 2. The van der Waals surface area contributed by atoms with E-state index >= 15 is 4.39 Å². The van der Waals surface area contributed by atoms with Crippen molar-refractivity contribution in [2.75, 3.05) is 4.90 Å². The maximum absolute atomic E-state index is 15.2. The Hall–Kier alpha value is -4.04. The molecule has 0 spiro atoms. The van der Waals surface area contributed by atoms with E-state index < -0.39 is 23.5 Å². The number of Topliss-reactive ketones (excluding diaryl/α,β-unsaturated/α-hetero) is 1. The highest BCUT2D eigenvalue weighted by Gasteiger charge is 2.49. The predicted octanol–water partition coefficient (Wildman–Crippen LogP) is 6.00. The third-order valence-electron chi connectivity index (χ3n) is 6.84. The first-order chi connectivity index (χ1) is 17.7. The summed E-state index contributed by atoms with van der Waals surface area (Å²) in [4.78, 5) is 32.8. The summed E-state index contributed by atoms with van der Waals surface area (Å²) in [5, 5.41) is 11.7. The highest BCUT2D eigenvalue weighted by molar-refractivity contribution is 7.22. The fourth-order valence-electron chi connectivity index (χ4n) is 5.21. The number of aliphatic hydroxyl groups excluding tert-OH is 1. The van der Waals surface area contributed by atoms with Crippen LogP contribution in [0.2, 0.25) is 0 Å². The smallest absolute Gasteiger partial charge is 0.301 e. The molecule has 0 saturated carbocycles. The number of aryl methyl sites for hydroxylation is 2. The third kappa shape index (κ3) is 3.71. The Labute approximate surface area is 216 Å². The summed E-state index contributed by atoms with van der Waals surface area (Å²) >= 11 is 1.26. The largest absolute Gasteiger partial charge is 0.507 e. The molecule has 6 rings (SSSR count). The maximum Gasteiger partial charge on any atom is 0.301 e. The molecule has 2 atom stereocenters. The van der Waals surface area contributed by atoms with Crippen LogP contribution in [-0.4, -0.2) is 27.9 Å². The number of anilines is 1. The first kappa shape index (κ1) is 23.4. The zero-order chi connectivity index (χ0) is 26.0. The third-order valence-corrected chi connectivity index (χ3v) is 7.84. The van der Waals surface area contributed by atoms with Crippen LogP contribution in [0.5, 0.6) is 5.75 Å². The van der Waals surface area contributed by atoms with Gasteiger partial charge in [0.1, 0.15) is 29.5 Å². The average Bonchev–Trinajstić information content (AvgIpc) is 3.52. The lowest BCUT2D eigenvalue weighted by atomic mass is 9.94. The topological polar surface area (TPSA) is 79.7 Å². The number of fused-ring (bicyclic) bond motifs is 2. The van der Waals surface area contributed by atoms with Crippen molar-refractivity contribution in [1.29, 1.82) is 0 Å². The molecule has 6 nitrogen and oxygen atoms in total. The summed E-state index contributed by atoms with van der Waals surface area (Å²) in [5.74, 6) is -1.97. The van der Waals surface area contributed by atoms with E-state index in [-0.39, 0.29) is 28.1 Å². The molecule has 2 aliphatic heterocycles. The molecule has 3 heterocycles. The highest BCUT2D eigenvalue weighted by atomic mass is 32.1. The van der Waals surface area contributed by atoms with Crippen LogP contribution < -0.4 is 9.64 Å². The number of ketones is 1. The van der Waals surface area contributed by atoms with Crippen LogP contribution in [-0.2, 0) is 16.0 Å². The molecular weight excluding hydrogens is 491 g/mol. The molecule has 1 N–H and O–H groups in total. The average molecular weight is 515 g/mol. The van der Waals surface area contributed by atoms with Crippen molar-refractivity contribution < 1.29 is 23.8 Å². The number of aromatic nitrogens is 1. The van der Waals surface area contributed by atoms with E-state index in [4.69, 9.17) is 4.74 Å². The summed E-state index contributed by atoms with van der Waals surface area (Å²) in [7, 11) is 0. The Kier molecular flexibility index (Phi) is 5.38. The molecule has 0 aliphatic carbocycles. The summed E-state index contributed by atoms with van der Waals surface area (Å²) < 4.78 is 21.8. The van der Waals surface area contributed by atoms with Gasteiger partial charge in [0.25, 0.3) is 5.78 Å². The standard InChI is InChI=1S/C29H23FN2O4S/c1-14-10-15(2)24-22(11-14)37-29(31-24)32-25(19-6-4-5-7-20(19)30)23(27(34)28(32)35)26(33)17-8-9-21-18(13-17)12-16(3)36-21/h4-11,13,16,25,33H,12H2,1-3H3/t16-,25+/m0/s1. The predicted molar refractivity (Wildman–Crippen MR) is 141 cm³/mol. The SMILES string of the molecule is Cc1cc(C)c2nc(N3C(=O)C(=O)C(=C(O)c4ccc5c(c4)C[C@H](C)O5)[C@H]3c3ccccc3F)sc2c1. The van der Waals surface area contributed by atoms with Gasteiger partial charge in [-0.15, -0.1) is 0 Å². The van der Waals surface area contributed by atoms with Gasteiger partial charge in [-0.1, -0.05) is 35.6 Å². The molecule has 0 bridgehead atoms. The van der Waals surface area contributed by atoms with Gasteiger partial charge in [0.15, 0.2) is 5.13 Å². The zero-order valence-electron chi connectivity index (χ0n) is 20.4. The van der Waals surface area contributed by atoms with E-state index in [1.165, 1.54) is 34.4 Å². The van der Waals surface area contributed by atoms with Gasteiger partial charge in [-0.2, -0.15) is 0 Å². The number of aliphatic hydroxyl groups is 1. The van der Waals surface area contributed by atoms with Gasteiger partial charge < -0.3 is 9.84 Å². The monoisotopic (exact) mass is 514 g/mol. The highest BCUT2D eigenvalue weighted by Crippen LogP contribution is 2.45. The Balaban J connectivity index is 1.56. The molecule has 1 aromatic heterocycles. The molecule has 3 aromatic carbocycles. The van der Waals surface area contributed by atoms with Crippen LogP contribution >= 0.6 is 11.3 Å². The van der Waals surface area contributed by atoms with E-state index in [0.29, 0.717) is 17.5 Å². The second-order valence-electron chi connectivity index (χ2n) is 9.57. The lowest BCUT2D eigenvalue weighted by Crippen LogP contribution is -2.29. The lowest BCUT2D eigenvalue weighted by molar-refractivity contribution is -0.132. The Morgan fingerprint density at radius 3 is 2.70 bits per heavy atom. The molecule has 1 fully saturated rings. The van der Waals surface area contributed by atoms with Gasteiger partial charge in [0, 0.05) is 17.5 Å². The van der Waals surface area contributed by atoms with E-state index in [9.17, 15) is 14.7 Å². The van der Waals surface area contributed by atoms with Crippen molar-refractivity contribution in [3.8, 4) is 5.75 Å². The second-order valence-corrected chi connectivity index (χ2v) is 10.6. The van der Waals surface area contributed by atoms with Crippen molar-refractivity contribution >= 4 is 44.1 Å². The van der Waals surface area contributed by atoms with Crippen molar-refractivity contribution in [1.82, 2.24) is 4.98 Å². The zero-order valence-corrected chi connectivity index (χ0v) is 21.2. The number of thiazole rings is 1. The summed E-state index contributed by atoms with van der Waals surface area (Å²) in [6, 6.07) is 13.9. The van der Waals surface area contributed by atoms with Crippen molar-refractivity contribution in [2.45, 2.75) is 39.3 Å². The first-order valence-corrected chi connectivity index (χ1v) is 12.8. The number of benzene rings is 3. The van der Waals surface area contributed by atoms with Crippen LogP contribution in [0.1, 0.15) is 40.8 Å². The van der Waals surface area contributed by atoms with Crippen LogP contribution in [0.4, 0.5) is 9.52 Å². The Morgan fingerprint density at radius 2 is 1.92 bits per heavy atom.